The number of benzene rings is 3. The van der Waals surface area contributed by atoms with Gasteiger partial charge >= 0.3 is 6.03 Å². The molecule has 0 radical (unpaired) electrons. The molecule has 0 saturated carbocycles. The summed E-state index contributed by atoms with van der Waals surface area (Å²) in [7, 11) is 0. The number of aromatic nitrogens is 1. The SMILES string of the molecule is CCCCN(CC(=O)N1c2ccccc2-n2cccc2C1c1ccc(C)cc1)C(=O)Nc1ccc(Cl)cc1. The number of carbonyl (C=O) groups excluding carboxylic acids is 2. The van der Waals surface area contributed by atoms with Crippen molar-refractivity contribution in [2.45, 2.75) is 32.7 Å². The van der Waals surface area contributed by atoms with Crippen LogP contribution in [0, 0.1) is 6.92 Å². The molecule has 1 aromatic heterocycles. The highest BCUT2D eigenvalue weighted by Gasteiger charge is 2.36. The Labute approximate surface area is 228 Å². The largest absolute Gasteiger partial charge is 0.322 e. The van der Waals surface area contributed by atoms with E-state index in [4.69, 9.17) is 11.6 Å². The summed E-state index contributed by atoms with van der Waals surface area (Å²) in [5.74, 6) is -0.141. The Balaban J connectivity index is 1.49. The van der Waals surface area contributed by atoms with Crippen LogP contribution >= 0.6 is 11.6 Å². The van der Waals surface area contributed by atoms with Crippen molar-refractivity contribution in [2.24, 2.45) is 0 Å². The first-order valence-corrected chi connectivity index (χ1v) is 13.3. The summed E-state index contributed by atoms with van der Waals surface area (Å²) in [6.07, 6.45) is 3.73. The lowest BCUT2D eigenvalue weighted by Gasteiger charge is -2.39. The zero-order valence-corrected chi connectivity index (χ0v) is 22.4. The highest BCUT2D eigenvalue weighted by Crippen LogP contribution is 2.42. The monoisotopic (exact) mass is 526 g/mol. The van der Waals surface area contributed by atoms with E-state index in [1.54, 1.807) is 29.2 Å². The van der Waals surface area contributed by atoms with E-state index in [1.807, 2.05) is 41.4 Å². The second-order valence-electron chi connectivity index (χ2n) is 9.58. The number of fused-ring (bicyclic) bond motifs is 3. The predicted molar refractivity (Wildman–Crippen MR) is 153 cm³/mol. The number of aryl methyl sites for hydroxylation is 1. The third kappa shape index (κ3) is 5.18. The molecule has 0 aliphatic carbocycles. The van der Waals surface area contributed by atoms with E-state index in [9.17, 15) is 9.59 Å². The summed E-state index contributed by atoms with van der Waals surface area (Å²) in [5, 5.41) is 3.51. The van der Waals surface area contributed by atoms with E-state index in [1.165, 1.54) is 0 Å². The van der Waals surface area contributed by atoms with Gasteiger partial charge in [-0.1, -0.05) is 66.9 Å². The van der Waals surface area contributed by atoms with E-state index in [0.29, 0.717) is 17.3 Å². The second-order valence-corrected chi connectivity index (χ2v) is 10.0. The quantitative estimate of drug-likeness (QED) is 0.276. The molecule has 1 aliphatic heterocycles. The minimum atomic E-state index is -0.319. The van der Waals surface area contributed by atoms with Gasteiger partial charge in [0.05, 0.1) is 17.1 Å². The van der Waals surface area contributed by atoms with Crippen molar-refractivity contribution in [1.29, 1.82) is 0 Å². The Kier molecular flexibility index (Phi) is 7.52. The van der Waals surface area contributed by atoms with Crippen LogP contribution in [0.5, 0.6) is 0 Å². The lowest BCUT2D eigenvalue weighted by molar-refractivity contribution is -0.119. The standard InChI is InChI=1S/C31H31ClN4O2/c1-3-4-19-34(31(38)33-25-17-15-24(32)16-18-25)21-29(37)36-27-9-6-5-8-26(27)35-20-7-10-28(35)30(36)23-13-11-22(2)12-14-23/h5-18,20,30H,3-4,19,21H2,1-2H3,(H,33,38). The van der Waals surface area contributed by atoms with E-state index in [0.717, 1.165) is 41.0 Å². The fourth-order valence-corrected chi connectivity index (χ4v) is 5.03. The van der Waals surface area contributed by atoms with E-state index in [2.05, 4.69) is 54.1 Å². The first kappa shape index (κ1) is 25.6. The van der Waals surface area contributed by atoms with Crippen LogP contribution in [-0.2, 0) is 4.79 Å². The molecule has 3 aromatic carbocycles. The number of nitrogens with one attached hydrogen (secondary N) is 1. The molecule has 3 amide bonds. The molecule has 1 N–H and O–H groups in total. The average molecular weight is 527 g/mol. The Morgan fingerprint density at radius 3 is 2.34 bits per heavy atom. The number of para-hydroxylation sites is 2. The van der Waals surface area contributed by atoms with Crippen LogP contribution < -0.4 is 10.2 Å². The number of halogens is 1. The number of amides is 3. The van der Waals surface area contributed by atoms with E-state index in [-0.39, 0.29) is 24.5 Å². The minimum Gasteiger partial charge on any atom is -0.316 e. The molecule has 38 heavy (non-hydrogen) atoms. The summed E-state index contributed by atoms with van der Waals surface area (Å²) in [6.45, 7) is 4.55. The topological polar surface area (TPSA) is 57.6 Å². The molecule has 1 atom stereocenters. The Morgan fingerprint density at radius 1 is 0.921 bits per heavy atom. The highest BCUT2D eigenvalue weighted by molar-refractivity contribution is 6.30. The summed E-state index contributed by atoms with van der Waals surface area (Å²) in [6, 6.07) is 26.6. The van der Waals surface area contributed by atoms with Gasteiger partial charge in [-0.15, -0.1) is 0 Å². The lowest BCUT2D eigenvalue weighted by atomic mass is 9.97. The van der Waals surface area contributed by atoms with Crippen LogP contribution in [-0.4, -0.2) is 34.5 Å². The zero-order valence-electron chi connectivity index (χ0n) is 21.6. The van der Waals surface area contributed by atoms with Gasteiger partial charge < -0.3 is 14.8 Å². The van der Waals surface area contributed by atoms with Gasteiger partial charge in [-0.05, 0) is 67.4 Å². The molecule has 0 fully saturated rings. The van der Waals surface area contributed by atoms with Gasteiger partial charge in [-0.2, -0.15) is 0 Å². The lowest BCUT2D eigenvalue weighted by Crippen LogP contribution is -2.48. The van der Waals surface area contributed by atoms with Crippen LogP contribution in [0.3, 0.4) is 0 Å². The molecule has 1 unspecified atom stereocenters. The number of carbonyl (C=O) groups is 2. The number of rotatable bonds is 7. The maximum atomic E-state index is 14.2. The molecular weight excluding hydrogens is 496 g/mol. The van der Waals surface area contributed by atoms with Gasteiger partial charge in [-0.25, -0.2) is 4.79 Å². The minimum absolute atomic E-state index is 0.0448. The van der Waals surface area contributed by atoms with E-state index >= 15 is 0 Å². The van der Waals surface area contributed by atoms with Gasteiger partial charge in [0.15, 0.2) is 0 Å². The number of nitrogens with zero attached hydrogens (tertiary/aromatic N) is 3. The zero-order chi connectivity index (χ0) is 26.6. The summed E-state index contributed by atoms with van der Waals surface area (Å²) < 4.78 is 2.14. The maximum absolute atomic E-state index is 14.2. The van der Waals surface area contributed by atoms with Crippen LogP contribution in [0.1, 0.15) is 42.6 Å². The molecule has 2 heterocycles. The molecule has 7 heteroatoms. The number of unbranched alkanes of at least 4 members (excludes halogenated alkanes) is 1. The van der Waals surface area contributed by atoms with Crippen molar-refractivity contribution < 1.29 is 9.59 Å². The molecular formula is C31H31ClN4O2. The van der Waals surface area contributed by atoms with Crippen molar-refractivity contribution in [3.8, 4) is 5.69 Å². The predicted octanol–water partition coefficient (Wildman–Crippen LogP) is 7.21. The first-order valence-electron chi connectivity index (χ1n) is 12.9. The Hall–Kier alpha value is -4.03. The third-order valence-corrected chi connectivity index (χ3v) is 7.12. The molecule has 5 rings (SSSR count). The normalized spacial score (nSPS) is 14.0. The fourth-order valence-electron chi connectivity index (χ4n) is 4.90. The van der Waals surface area contributed by atoms with Crippen molar-refractivity contribution in [3.05, 3.63) is 113 Å². The van der Waals surface area contributed by atoms with Crippen LogP contribution in [0.25, 0.3) is 5.69 Å². The van der Waals surface area contributed by atoms with E-state index < -0.39 is 0 Å². The van der Waals surface area contributed by atoms with Gasteiger partial charge in [0.25, 0.3) is 0 Å². The summed E-state index contributed by atoms with van der Waals surface area (Å²) >= 11 is 6.00. The Morgan fingerprint density at radius 2 is 1.63 bits per heavy atom. The molecule has 4 aromatic rings. The number of hydrogen-bond donors (Lipinski definition) is 1. The van der Waals surface area contributed by atoms with Gasteiger partial charge in [0.1, 0.15) is 12.6 Å². The molecule has 1 aliphatic rings. The molecule has 0 spiro atoms. The van der Waals surface area contributed by atoms with Crippen molar-refractivity contribution in [2.75, 3.05) is 23.3 Å². The molecule has 6 nitrogen and oxygen atoms in total. The van der Waals surface area contributed by atoms with Crippen LogP contribution in [0.4, 0.5) is 16.2 Å². The molecule has 0 saturated heterocycles. The van der Waals surface area contributed by atoms with Crippen LogP contribution in [0.15, 0.2) is 91.1 Å². The highest BCUT2D eigenvalue weighted by atomic mass is 35.5. The number of urea groups is 1. The maximum Gasteiger partial charge on any atom is 0.322 e. The average Bonchev–Trinajstić information content (AvgIpc) is 3.42. The van der Waals surface area contributed by atoms with Gasteiger partial charge in [0.2, 0.25) is 5.91 Å². The van der Waals surface area contributed by atoms with Gasteiger partial charge in [-0.3, -0.25) is 9.69 Å². The number of hydrogen-bond acceptors (Lipinski definition) is 2. The smallest absolute Gasteiger partial charge is 0.316 e. The Bertz CT molecular complexity index is 1430. The fraction of sp³-hybridized carbons (Fsp3) is 0.226. The van der Waals surface area contributed by atoms with Crippen molar-refractivity contribution in [1.82, 2.24) is 9.47 Å². The molecule has 0 bridgehead atoms. The number of anilines is 2. The van der Waals surface area contributed by atoms with Gasteiger partial charge in [0, 0.05) is 23.5 Å². The molecule has 194 valence electrons. The van der Waals surface area contributed by atoms with Crippen LogP contribution in [0.2, 0.25) is 5.02 Å². The third-order valence-electron chi connectivity index (χ3n) is 6.87. The summed E-state index contributed by atoms with van der Waals surface area (Å²) in [5.41, 5.74) is 5.57. The second kappa shape index (κ2) is 11.2. The van der Waals surface area contributed by atoms with Crippen molar-refractivity contribution in [3.63, 3.8) is 0 Å². The first-order chi connectivity index (χ1) is 18.5. The summed E-state index contributed by atoms with van der Waals surface area (Å²) in [4.78, 5) is 31.0. The van der Waals surface area contributed by atoms with Crippen molar-refractivity contribution >= 4 is 34.9 Å².